The lowest BCUT2D eigenvalue weighted by atomic mass is 9.54. The molecule has 0 aromatic heterocycles. The van der Waals surface area contributed by atoms with Crippen LogP contribution in [0.3, 0.4) is 0 Å². The Morgan fingerprint density at radius 2 is 1.58 bits per heavy atom. The van der Waals surface area contributed by atoms with Gasteiger partial charge in [-0.3, -0.25) is 4.79 Å². The Labute approximate surface area is 121 Å². The molecule has 1 N–H and O–H groups in total. The predicted molar refractivity (Wildman–Crippen MR) is 79.1 cm³/mol. The zero-order chi connectivity index (χ0) is 13.0. The highest BCUT2D eigenvalue weighted by Gasteiger charge is 2.49. The Morgan fingerprint density at radius 1 is 0.947 bits per heavy atom. The van der Waals surface area contributed by atoms with Crippen LogP contribution in [-0.4, -0.2) is 17.2 Å². The van der Waals surface area contributed by atoms with Crippen molar-refractivity contribution >= 4 is 18.5 Å². The number of carbonyl (C=O) groups excluding carboxylic acids is 1. The third kappa shape index (κ3) is 2.12. The molecule has 3 heteroatoms. The largest absolute Gasteiger partial charge is 0.353 e. The molecule has 0 heterocycles. The summed E-state index contributed by atoms with van der Waals surface area (Å²) in [4.78, 5) is 12.5. The fraction of sp³-hybridized carbons (Fsp3) is 0.938. The molecule has 5 aliphatic carbocycles. The van der Waals surface area contributed by atoms with Gasteiger partial charge in [-0.25, -0.2) is 0 Å². The summed E-state index contributed by atoms with van der Waals surface area (Å²) in [6, 6.07) is 0.501. The molecule has 0 aliphatic heterocycles. The van der Waals surface area contributed by atoms with Crippen LogP contribution in [0.4, 0.5) is 0 Å². The number of amides is 1. The molecule has 0 spiro atoms. The maximum absolute atomic E-state index is 12.5. The molecule has 0 saturated heterocycles. The van der Waals surface area contributed by atoms with Crippen LogP contribution >= 0.6 is 12.6 Å². The fourth-order valence-electron chi connectivity index (χ4n) is 5.68. The molecule has 5 rings (SSSR count). The van der Waals surface area contributed by atoms with E-state index in [1.54, 1.807) is 0 Å². The second kappa shape index (κ2) is 4.68. The fourth-order valence-corrected chi connectivity index (χ4v) is 6.15. The van der Waals surface area contributed by atoms with Crippen molar-refractivity contribution in [2.45, 2.75) is 62.7 Å². The number of carbonyl (C=O) groups is 1. The Kier molecular flexibility index (Phi) is 3.09. The van der Waals surface area contributed by atoms with Gasteiger partial charge in [0.25, 0.3) is 0 Å². The number of thiol groups is 1. The molecule has 0 aromatic rings. The molecule has 0 aromatic carbocycles. The van der Waals surface area contributed by atoms with Gasteiger partial charge >= 0.3 is 0 Å². The first-order chi connectivity index (χ1) is 9.20. The van der Waals surface area contributed by atoms with E-state index in [2.05, 4.69) is 17.9 Å². The number of rotatable bonds is 2. The van der Waals surface area contributed by atoms with Crippen LogP contribution < -0.4 is 5.32 Å². The summed E-state index contributed by atoms with van der Waals surface area (Å²) in [5, 5.41) is 3.75. The SMILES string of the molecule is O=C(NC1C2CC3CC(C2)CC1C3)C1CCCC1S. The van der Waals surface area contributed by atoms with E-state index in [-0.39, 0.29) is 5.92 Å². The molecule has 5 aliphatic rings. The van der Waals surface area contributed by atoms with E-state index in [0.29, 0.717) is 17.2 Å². The molecule has 0 radical (unpaired) electrons. The maximum atomic E-state index is 12.5. The van der Waals surface area contributed by atoms with Gasteiger partial charge < -0.3 is 5.32 Å². The zero-order valence-corrected chi connectivity index (χ0v) is 12.4. The molecule has 106 valence electrons. The molecule has 2 nitrogen and oxygen atoms in total. The van der Waals surface area contributed by atoms with Crippen LogP contribution in [0.2, 0.25) is 0 Å². The van der Waals surface area contributed by atoms with Gasteiger partial charge in [-0.1, -0.05) is 6.42 Å². The van der Waals surface area contributed by atoms with Crippen molar-refractivity contribution in [3.63, 3.8) is 0 Å². The molecule has 4 bridgehead atoms. The van der Waals surface area contributed by atoms with Gasteiger partial charge in [0, 0.05) is 17.2 Å². The number of hydrogen-bond acceptors (Lipinski definition) is 2. The van der Waals surface area contributed by atoms with Crippen LogP contribution in [0.25, 0.3) is 0 Å². The van der Waals surface area contributed by atoms with Gasteiger partial charge in [-0.2, -0.15) is 12.6 Å². The Hall–Kier alpha value is -0.180. The summed E-state index contributed by atoms with van der Waals surface area (Å²) < 4.78 is 0. The summed E-state index contributed by atoms with van der Waals surface area (Å²) in [5.41, 5.74) is 0. The Bertz CT molecular complexity index is 355. The topological polar surface area (TPSA) is 29.1 Å². The minimum atomic E-state index is 0.181. The van der Waals surface area contributed by atoms with E-state index in [0.717, 1.165) is 36.5 Å². The highest BCUT2D eigenvalue weighted by molar-refractivity contribution is 7.81. The lowest BCUT2D eigenvalue weighted by Gasteiger charge is -2.54. The van der Waals surface area contributed by atoms with Crippen molar-refractivity contribution in [2.75, 3.05) is 0 Å². The molecular formula is C16H25NOS. The minimum Gasteiger partial charge on any atom is -0.353 e. The monoisotopic (exact) mass is 279 g/mol. The van der Waals surface area contributed by atoms with E-state index in [1.807, 2.05) is 0 Å². The lowest BCUT2D eigenvalue weighted by molar-refractivity contribution is -0.128. The number of nitrogens with one attached hydrogen (secondary N) is 1. The molecule has 1 amide bonds. The van der Waals surface area contributed by atoms with Crippen LogP contribution in [0, 0.1) is 29.6 Å². The van der Waals surface area contributed by atoms with Gasteiger partial charge in [0.15, 0.2) is 0 Å². The quantitative estimate of drug-likeness (QED) is 0.748. The first-order valence-corrected chi connectivity index (χ1v) is 8.71. The van der Waals surface area contributed by atoms with Crippen LogP contribution in [-0.2, 0) is 4.79 Å². The molecule has 2 unspecified atom stereocenters. The highest BCUT2D eigenvalue weighted by atomic mass is 32.1. The molecule has 2 atom stereocenters. The van der Waals surface area contributed by atoms with E-state index in [9.17, 15) is 4.79 Å². The third-order valence-corrected chi connectivity index (χ3v) is 6.97. The minimum absolute atomic E-state index is 0.181. The summed E-state index contributed by atoms with van der Waals surface area (Å²) in [5.74, 6) is 4.05. The maximum Gasteiger partial charge on any atom is 0.224 e. The van der Waals surface area contributed by atoms with Crippen molar-refractivity contribution in [3.05, 3.63) is 0 Å². The summed E-state index contributed by atoms with van der Waals surface area (Å²) in [6.45, 7) is 0. The van der Waals surface area contributed by atoms with Crippen molar-refractivity contribution in [1.82, 2.24) is 5.32 Å². The molecule has 5 fully saturated rings. The Balaban J connectivity index is 1.44. The summed E-state index contributed by atoms with van der Waals surface area (Å²) in [6.07, 6.45) is 10.3. The summed E-state index contributed by atoms with van der Waals surface area (Å²) in [7, 11) is 0. The van der Waals surface area contributed by atoms with Crippen molar-refractivity contribution in [3.8, 4) is 0 Å². The average molecular weight is 279 g/mol. The second-order valence-corrected chi connectivity index (χ2v) is 8.23. The highest BCUT2D eigenvalue weighted by Crippen LogP contribution is 2.53. The van der Waals surface area contributed by atoms with Crippen molar-refractivity contribution in [1.29, 1.82) is 0 Å². The second-order valence-electron chi connectivity index (χ2n) is 7.57. The van der Waals surface area contributed by atoms with Gasteiger partial charge in [0.1, 0.15) is 0 Å². The van der Waals surface area contributed by atoms with Crippen LogP contribution in [0.1, 0.15) is 51.4 Å². The molecular weight excluding hydrogens is 254 g/mol. The predicted octanol–water partition coefficient (Wildman–Crippen LogP) is 3.03. The molecule has 19 heavy (non-hydrogen) atoms. The first kappa shape index (κ1) is 12.6. The Morgan fingerprint density at radius 3 is 2.11 bits per heavy atom. The first-order valence-electron chi connectivity index (χ1n) is 8.19. The van der Waals surface area contributed by atoms with Crippen molar-refractivity contribution < 1.29 is 4.79 Å². The smallest absolute Gasteiger partial charge is 0.224 e. The van der Waals surface area contributed by atoms with Gasteiger partial charge in [-0.05, 0) is 68.6 Å². The average Bonchev–Trinajstić information content (AvgIpc) is 2.79. The van der Waals surface area contributed by atoms with Gasteiger partial charge in [0.05, 0.1) is 0 Å². The van der Waals surface area contributed by atoms with E-state index >= 15 is 0 Å². The van der Waals surface area contributed by atoms with E-state index in [1.165, 1.54) is 38.5 Å². The van der Waals surface area contributed by atoms with Gasteiger partial charge in [-0.15, -0.1) is 0 Å². The third-order valence-electron chi connectivity index (χ3n) is 6.35. The molecule has 5 saturated carbocycles. The standard InChI is InChI=1S/C16H25NOS/c18-16(13-2-1-3-14(13)19)17-15-11-5-9-4-10(7-11)8-12(15)6-9/h9-15,19H,1-8H2,(H,17,18). The normalized spacial score (nSPS) is 51.5. The zero-order valence-electron chi connectivity index (χ0n) is 11.6. The van der Waals surface area contributed by atoms with Crippen LogP contribution in [0.5, 0.6) is 0 Å². The van der Waals surface area contributed by atoms with Crippen molar-refractivity contribution in [2.24, 2.45) is 29.6 Å². The van der Waals surface area contributed by atoms with Gasteiger partial charge in [0.2, 0.25) is 5.91 Å². The lowest BCUT2D eigenvalue weighted by Crippen LogP contribution is -2.56. The van der Waals surface area contributed by atoms with Crippen LogP contribution in [0.15, 0.2) is 0 Å². The van der Waals surface area contributed by atoms with E-state index < -0.39 is 0 Å². The van der Waals surface area contributed by atoms with E-state index in [4.69, 9.17) is 0 Å². The summed E-state index contributed by atoms with van der Waals surface area (Å²) >= 11 is 4.59. The number of hydrogen-bond donors (Lipinski definition) is 2.